The number of carboxylic acid groups (broad SMARTS) is 3. The van der Waals surface area contributed by atoms with E-state index in [2.05, 4.69) is 0 Å². The van der Waals surface area contributed by atoms with Gasteiger partial charge in [0.1, 0.15) is 0 Å². The Morgan fingerprint density at radius 3 is 1.89 bits per heavy atom. The first-order valence-corrected chi connectivity index (χ1v) is 4.86. The van der Waals surface area contributed by atoms with E-state index in [1.54, 1.807) is 0 Å². The van der Waals surface area contributed by atoms with Crippen molar-refractivity contribution in [3.05, 3.63) is 11.6 Å². The lowest BCUT2D eigenvalue weighted by Gasteiger charge is -1.97. The first kappa shape index (κ1) is 18.4. The monoisotopic (exact) mass is 264 g/mol. The zero-order valence-electron chi connectivity index (χ0n) is 9.74. The summed E-state index contributed by atoms with van der Waals surface area (Å²) in [5.41, 5.74) is 0.282. The van der Waals surface area contributed by atoms with E-state index < -0.39 is 30.4 Å². The fourth-order valence-electron chi connectivity index (χ4n) is 0.621. The molecule has 18 heavy (non-hydrogen) atoms. The highest BCUT2D eigenvalue weighted by atomic mass is 16.4. The Morgan fingerprint density at radius 1 is 1.17 bits per heavy atom. The molecule has 8 heteroatoms. The van der Waals surface area contributed by atoms with Gasteiger partial charge < -0.3 is 25.5 Å². The summed E-state index contributed by atoms with van der Waals surface area (Å²) in [5, 5.41) is 40.7. The summed E-state index contributed by atoms with van der Waals surface area (Å²) in [6, 6.07) is 0. The molecule has 0 aromatic heterocycles. The van der Waals surface area contributed by atoms with Crippen molar-refractivity contribution in [2.24, 2.45) is 0 Å². The van der Waals surface area contributed by atoms with Gasteiger partial charge in [-0.25, -0.2) is 9.59 Å². The molecule has 0 saturated carbocycles. The number of carboxylic acids is 3. The van der Waals surface area contributed by atoms with Crippen molar-refractivity contribution in [1.82, 2.24) is 0 Å². The van der Waals surface area contributed by atoms with Gasteiger partial charge in [0.15, 0.2) is 6.10 Å². The van der Waals surface area contributed by atoms with Crippen LogP contribution in [0.4, 0.5) is 0 Å². The molecule has 0 saturated heterocycles. The molecular formula is C10H16O8. The lowest BCUT2D eigenvalue weighted by atomic mass is 10.2. The van der Waals surface area contributed by atoms with E-state index in [4.69, 9.17) is 25.5 Å². The van der Waals surface area contributed by atoms with Gasteiger partial charge in [-0.05, 0) is 13.3 Å². The molecule has 0 aromatic rings. The fourth-order valence-corrected chi connectivity index (χ4v) is 0.621. The minimum Gasteiger partial charge on any atom is -0.481 e. The molecule has 0 heterocycles. The summed E-state index contributed by atoms with van der Waals surface area (Å²) in [5.74, 6) is -3.77. The van der Waals surface area contributed by atoms with Gasteiger partial charge in [0.05, 0.1) is 6.42 Å². The summed E-state index contributed by atoms with van der Waals surface area (Å²) >= 11 is 0. The Morgan fingerprint density at radius 2 is 1.67 bits per heavy atom. The topological polar surface area (TPSA) is 152 Å². The van der Waals surface area contributed by atoms with Crippen molar-refractivity contribution in [2.45, 2.75) is 25.9 Å². The maximum Gasteiger partial charge on any atom is 0.333 e. The zero-order valence-corrected chi connectivity index (χ0v) is 9.74. The normalized spacial score (nSPS) is 12.1. The maximum atomic E-state index is 10.1. The summed E-state index contributed by atoms with van der Waals surface area (Å²) in [7, 11) is 0. The van der Waals surface area contributed by atoms with Crippen LogP contribution >= 0.6 is 0 Å². The Balaban J connectivity index is 0. The quantitative estimate of drug-likeness (QED) is 0.395. The van der Waals surface area contributed by atoms with Crippen molar-refractivity contribution < 1.29 is 39.9 Å². The van der Waals surface area contributed by atoms with Crippen LogP contribution in [0.1, 0.15) is 19.8 Å². The average molecular weight is 264 g/mol. The van der Waals surface area contributed by atoms with Crippen LogP contribution in [0.2, 0.25) is 0 Å². The van der Waals surface area contributed by atoms with Gasteiger partial charge in [-0.3, -0.25) is 4.79 Å². The van der Waals surface area contributed by atoms with E-state index in [9.17, 15) is 14.4 Å². The molecule has 5 N–H and O–H groups in total. The largest absolute Gasteiger partial charge is 0.481 e. The lowest BCUT2D eigenvalue weighted by molar-refractivity contribution is -0.152. The molecule has 0 radical (unpaired) electrons. The molecule has 1 atom stereocenters. The van der Waals surface area contributed by atoms with E-state index >= 15 is 0 Å². The van der Waals surface area contributed by atoms with E-state index in [0.717, 1.165) is 0 Å². The van der Waals surface area contributed by atoms with Gasteiger partial charge in [0.25, 0.3) is 0 Å². The van der Waals surface area contributed by atoms with Crippen LogP contribution in [0.15, 0.2) is 11.6 Å². The van der Waals surface area contributed by atoms with E-state index in [1.165, 1.54) is 13.0 Å². The molecule has 1 unspecified atom stereocenters. The van der Waals surface area contributed by atoms with Crippen LogP contribution in [0.3, 0.4) is 0 Å². The second kappa shape index (κ2) is 10.2. The number of hydrogen-bond donors (Lipinski definition) is 5. The van der Waals surface area contributed by atoms with Gasteiger partial charge in [0, 0.05) is 12.2 Å². The lowest BCUT2D eigenvalue weighted by Crippen LogP contribution is -2.22. The third kappa shape index (κ3) is 12.1. The molecule has 8 nitrogen and oxygen atoms in total. The van der Waals surface area contributed by atoms with Gasteiger partial charge in [-0.1, -0.05) is 6.08 Å². The van der Waals surface area contributed by atoms with Crippen LogP contribution in [0.25, 0.3) is 0 Å². The first-order valence-electron chi connectivity index (χ1n) is 4.86. The summed E-state index contributed by atoms with van der Waals surface area (Å²) in [6.45, 7) is 1.50. The Hall–Kier alpha value is -1.93. The molecule has 0 fully saturated rings. The maximum absolute atomic E-state index is 10.1. The molecule has 0 aliphatic carbocycles. The van der Waals surface area contributed by atoms with Crippen LogP contribution in [-0.4, -0.2) is 56.2 Å². The second-order valence-corrected chi connectivity index (χ2v) is 3.16. The van der Waals surface area contributed by atoms with Gasteiger partial charge in [0.2, 0.25) is 0 Å². The molecule has 0 rings (SSSR count). The van der Waals surface area contributed by atoms with E-state index in [1.807, 2.05) is 0 Å². The smallest absolute Gasteiger partial charge is 0.333 e. The minimum absolute atomic E-state index is 0.00458. The third-order valence-electron chi connectivity index (χ3n) is 1.57. The molecule has 0 aliphatic heterocycles. The predicted molar refractivity (Wildman–Crippen MR) is 59.0 cm³/mol. The number of aliphatic hydroxyl groups is 2. The highest BCUT2D eigenvalue weighted by Gasteiger charge is 2.16. The average Bonchev–Trinajstić information content (AvgIpc) is 2.25. The standard InChI is InChI=1S/C6H10O3.C4H6O5/c1-5(6(8)9)3-2-4-7;5-2(4(8)9)1-3(6)7/h3,7H,2,4H2,1H3,(H,8,9);2,5H,1H2,(H,6,7)(H,8,9). The van der Waals surface area contributed by atoms with Crippen molar-refractivity contribution in [3.63, 3.8) is 0 Å². The Kier molecular flexibility index (Phi) is 10.5. The van der Waals surface area contributed by atoms with Gasteiger partial charge >= 0.3 is 17.9 Å². The summed E-state index contributed by atoms with van der Waals surface area (Å²) in [6.07, 6.45) is -0.641. The van der Waals surface area contributed by atoms with Crippen LogP contribution in [0, 0.1) is 0 Å². The van der Waals surface area contributed by atoms with Crippen molar-refractivity contribution in [2.75, 3.05) is 6.61 Å². The van der Waals surface area contributed by atoms with E-state index in [-0.39, 0.29) is 12.2 Å². The number of aliphatic carboxylic acids is 3. The molecule has 0 aromatic carbocycles. The molecule has 0 spiro atoms. The summed E-state index contributed by atoms with van der Waals surface area (Å²) < 4.78 is 0. The first-order chi connectivity index (χ1) is 8.22. The predicted octanol–water partition coefficient (Wildman–Crippen LogP) is -0.694. The van der Waals surface area contributed by atoms with Gasteiger partial charge in [-0.15, -0.1) is 0 Å². The Bertz CT molecular complexity index is 320. The highest BCUT2D eigenvalue weighted by Crippen LogP contribution is 1.93. The minimum atomic E-state index is -1.79. The van der Waals surface area contributed by atoms with Crippen molar-refractivity contribution in [3.8, 4) is 0 Å². The van der Waals surface area contributed by atoms with Gasteiger partial charge in [-0.2, -0.15) is 0 Å². The summed E-state index contributed by atoms with van der Waals surface area (Å²) in [4.78, 5) is 29.5. The zero-order chi connectivity index (χ0) is 14.7. The molecular weight excluding hydrogens is 248 g/mol. The number of rotatable bonds is 6. The molecule has 0 bridgehead atoms. The molecule has 0 amide bonds. The van der Waals surface area contributed by atoms with Crippen molar-refractivity contribution in [1.29, 1.82) is 0 Å². The Labute approximate surface area is 103 Å². The third-order valence-corrected chi connectivity index (χ3v) is 1.57. The van der Waals surface area contributed by atoms with E-state index in [0.29, 0.717) is 6.42 Å². The molecule has 0 aliphatic rings. The SMILES string of the molecule is CC(=CCCO)C(=O)O.O=C(O)CC(O)C(=O)O. The van der Waals surface area contributed by atoms with Crippen LogP contribution in [0.5, 0.6) is 0 Å². The number of hydrogen-bond acceptors (Lipinski definition) is 5. The van der Waals surface area contributed by atoms with Crippen LogP contribution < -0.4 is 0 Å². The highest BCUT2D eigenvalue weighted by molar-refractivity contribution is 5.85. The van der Waals surface area contributed by atoms with Crippen molar-refractivity contribution >= 4 is 17.9 Å². The fraction of sp³-hybridized carbons (Fsp3) is 0.500. The number of carbonyl (C=O) groups is 3. The second-order valence-electron chi connectivity index (χ2n) is 3.16. The number of aliphatic hydroxyl groups excluding tert-OH is 2. The molecule has 104 valence electrons. The van der Waals surface area contributed by atoms with Crippen LogP contribution in [-0.2, 0) is 14.4 Å².